The van der Waals surface area contributed by atoms with Crippen LogP contribution in [0.2, 0.25) is 0 Å². The molecule has 1 aromatic carbocycles. The van der Waals surface area contributed by atoms with Crippen molar-refractivity contribution in [2.45, 2.75) is 19.5 Å². The molecule has 4 aromatic rings. The Kier molecular flexibility index (Phi) is 6.87. The van der Waals surface area contributed by atoms with Crippen LogP contribution in [0, 0.1) is 5.82 Å². The van der Waals surface area contributed by atoms with Crippen molar-refractivity contribution in [3.05, 3.63) is 65.7 Å². The molecule has 12 heteroatoms. The van der Waals surface area contributed by atoms with Crippen LogP contribution < -0.4 is 9.80 Å². The van der Waals surface area contributed by atoms with Crippen LogP contribution in [-0.2, 0) is 22.1 Å². The molecular weight excluding hydrogens is 504 g/mol. The molecule has 0 atom stereocenters. The molecule has 5 rings (SSSR count). The van der Waals surface area contributed by atoms with E-state index in [0.29, 0.717) is 43.9 Å². The van der Waals surface area contributed by atoms with Gasteiger partial charge >= 0.3 is 12.1 Å². The van der Waals surface area contributed by atoms with Gasteiger partial charge < -0.3 is 19.5 Å². The summed E-state index contributed by atoms with van der Waals surface area (Å²) in [5, 5.41) is 0. The van der Waals surface area contributed by atoms with Crippen LogP contribution >= 0.6 is 0 Å². The lowest BCUT2D eigenvalue weighted by Crippen LogP contribution is -2.47. The number of H-pyrrole nitrogens is 1. The number of benzene rings is 1. The van der Waals surface area contributed by atoms with E-state index in [1.165, 1.54) is 18.3 Å². The Bertz CT molecular complexity index is 1450. The standard InChI is InChI=1S/C26H24F4N6O2/c1-2-38-22(37)13-16-3-5-18(6-4-16)35-9-11-36(12-10-35)25-19(27)14-17(15-31-25)23-32-20-7-8-21(26(28,29)30)33-24(20)34-23/h3-8,14-15H,2,9-13H2,1H3,(H,32,33,34). The lowest BCUT2D eigenvalue weighted by molar-refractivity contribution is -0.142. The van der Waals surface area contributed by atoms with Crippen LogP contribution in [0.25, 0.3) is 22.6 Å². The highest BCUT2D eigenvalue weighted by molar-refractivity contribution is 5.76. The largest absolute Gasteiger partial charge is 0.466 e. The molecule has 0 spiro atoms. The third kappa shape index (κ3) is 5.38. The molecule has 8 nitrogen and oxygen atoms in total. The van der Waals surface area contributed by atoms with Gasteiger partial charge in [-0.2, -0.15) is 13.2 Å². The number of hydrogen-bond acceptors (Lipinski definition) is 7. The molecule has 38 heavy (non-hydrogen) atoms. The number of carbonyl (C=O) groups excluding carboxylic acids is 1. The third-order valence-electron chi connectivity index (χ3n) is 6.27. The van der Waals surface area contributed by atoms with Gasteiger partial charge in [0, 0.05) is 43.6 Å². The Hall–Kier alpha value is -4.22. The number of alkyl halides is 3. The Morgan fingerprint density at radius 1 is 1.03 bits per heavy atom. The highest BCUT2D eigenvalue weighted by atomic mass is 19.4. The van der Waals surface area contributed by atoms with E-state index in [1.54, 1.807) is 6.92 Å². The van der Waals surface area contributed by atoms with E-state index in [1.807, 2.05) is 29.2 Å². The smallest absolute Gasteiger partial charge is 0.433 e. The van der Waals surface area contributed by atoms with Gasteiger partial charge in [-0.15, -0.1) is 0 Å². The second-order valence-electron chi connectivity index (χ2n) is 8.80. The summed E-state index contributed by atoms with van der Waals surface area (Å²) in [6.07, 6.45) is -2.92. The zero-order valence-corrected chi connectivity index (χ0v) is 20.4. The first-order chi connectivity index (χ1) is 18.2. The molecule has 3 aromatic heterocycles. The van der Waals surface area contributed by atoms with Gasteiger partial charge in [-0.3, -0.25) is 4.79 Å². The lowest BCUT2D eigenvalue weighted by atomic mass is 10.1. The minimum Gasteiger partial charge on any atom is -0.466 e. The normalized spacial score (nSPS) is 14.2. The Balaban J connectivity index is 1.24. The molecule has 4 heterocycles. The summed E-state index contributed by atoms with van der Waals surface area (Å²) in [5.41, 5.74) is 1.34. The first-order valence-electron chi connectivity index (χ1n) is 12.1. The molecule has 0 radical (unpaired) electrons. The monoisotopic (exact) mass is 528 g/mol. The molecular formula is C26H24F4N6O2. The molecule has 1 saturated heterocycles. The summed E-state index contributed by atoms with van der Waals surface area (Å²) in [6.45, 7) is 4.51. The number of anilines is 2. The molecule has 1 N–H and O–H groups in total. The average molecular weight is 529 g/mol. The fourth-order valence-electron chi connectivity index (χ4n) is 4.36. The van der Waals surface area contributed by atoms with Gasteiger partial charge in [0.15, 0.2) is 17.3 Å². The number of nitrogens with zero attached hydrogens (tertiary/aromatic N) is 5. The van der Waals surface area contributed by atoms with Gasteiger partial charge in [0.2, 0.25) is 0 Å². The van der Waals surface area contributed by atoms with Crippen LogP contribution in [-0.4, -0.2) is 58.7 Å². The van der Waals surface area contributed by atoms with Gasteiger partial charge in [-0.1, -0.05) is 12.1 Å². The van der Waals surface area contributed by atoms with Gasteiger partial charge in [0.05, 0.1) is 18.5 Å². The van der Waals surface area contributed by atoms with Gasteiger partial charge in [-0.05, 0) is 42.8 Å². The molecule has 0 unspecified atom stereocenters. The highest BCUT2D eigenvalue weighted by Crippen LogP contribution is 2.30. The predicted octanol–water partition coefficient (Wildman–Crippen LogP) is 4.61. The summed E-state index contributed by atoms with van der Waals surface area (Å²) in [7, 11) is 0. The third-order valence-corrected chi connectivity index (χ3v) is 6.27. The van der Waals surface area contributed by atoms with Crippen LogP contribution in [0.5, 0.6) is 0 Å². The van der Waals surface area contributed by atoms with Crippen molar-refractivity contribution in [1.82, 2.24) is 19.9 Å². The molecule has 1 fully saturated rings. The van der Waals surface area contributed by atoms with Crippen molar-refractivity contribution < 1.29 is 27.1 Å². The Morgan fingerprint density at radius 2 is 1.74 bits per heavy atom. The number of pyridine rings is 2. The number of ether oxygens (including phenoxy) is 1. The van der Waals surface area contributed by atoms with E-state index < -0.39 is 17.7 Å². The van der Waals surface area contributed by atoms with Crippen LogP contribution in [0.4, 0.5) is 29.1 Å². The number of esters is 1. The number of nitrogens with one attached hydrogen (secondary N) is 1. The van der Waals surface area contributed by atoms with E-state index >= 15 is 4.39 Å². The fourth-order valence-corrected chi connectivity index (χ4v) is 4.36. The zero-order valence-electron chi connectivity index (χ0n) is 20.4. The van der Waals surface area contributed by atoms with Gasteiger partial charge in [0.25, 0.3) is 0 Å². The number of rotatable bonds is 6. The molecule has 1 aliphatic rings. The maximum Gasteiger partial charge on any atom is 0.433 e. The summed E-state index contributed by atoms with van der Waals surface area (Å²) >= 11 is 0. The number of piperazine rings is 1. The summed E-state index contributed by atoms with van der Waals surface area (Å²) in [5.74, 6) is -0.432. The van der Waals surface area contributed by atoms with Crippen molar-refractivity contribution in [2.24, 2.45) is 0 Å². The summed E-state index contributed by atoms with van der Waals surface area (Å²) in [6, 6.07) is 11.1. The van der Waals surface area contributed by atoms with E-state index in [-0.39, 0.29) is 29.7 Å². The van der Waals surface area contributed by atoms with Crippen molar-refractivity contribution >= 4 is 28.6 Å². The second-order valence-corrected chi connectivity index (χ2v) is 8.80. The topological polar surface area (TPSA) is 87.2 Å². The molecule has 1 aliphatic heterocycles. The summed E-state index contributed by atoms with van der Waals surface area (Å²) in [4.78, 5) is 30.5. The van der Waals surface area contributed by atoms with E-state index in [4.69, 9.17) is 4.74 Å². The molecule has 0 amide bonds. The molecule has 0 saturated carbocycles. The van der Waals surface area contributed by atoms with Crippen molar-refractivity contribution in [3.63, 3.8) is 0 Å². The number of imidazole rings is 1. The summed E-state index contributed by atoms with van der Waals surface area (Å²) < 4.78 is 58.9. The number of fused-ring (bicyclic) bond motifs is 1. The first kappa shape index (κ1) is 25.4. The zero-order chi connectivity index (χ0) is 26.9. The number of hydrogen-bond donors (Lipinski definition) is 1. The van der Waals surface area contributed by atoms with E-state index in [2.05, 4.69) is 24.8 Å². The Morgan fingerprint density at radius 3 is 2.39 bits per heavy atom. The minimum atomic E-state index is -4.58. The van der Waals surface area contributed by atoms with Crippen molar-refractivity contribution in [1.29, 1.82) is 0 Å². The number of carbonyl (C=O) groups is 1. The van der Waals surface area contributed by atoms with Crippen LogP contribution in [0.1, 0.15) is 18.2 Å². The number of halogens is 4. The van der Waals surface area contributed by atoms with E-state index in [0.717, 1.165) is 17.3 Å². The van der Waals surface area contributed by atoms with Gasteiger partial charge in [-0.25, -0.2) is 19.3 Å². The van der Waals surface area contributed by atoms with Gasteiger partial charge in [0.1, 0.15) is 11.5 Å². The van der Waals surface area contributed by atoms with Crippen LogP contribution in [0.3, 0.4) is 0 Å². The van der Waals surface area contributed by atoms with Crippen LogP contribution in [0.15, 0.2) is 48.7 Å². The molecule has 0 aliphatic carbocycles. The lowest BCUT2D eigenvalue weighted by Gasteiger charge is -2.36. The van der Waals surface area contributed by atoms with Crippen molar-refractivity contribution in [3.8, 4) is 11.4 Å². The maximum absolute atomic E-state index is 15.1. The van der Waals surface area contributed by atoms with Crippen molar-refractivity contribution in [2.75, 3.05) is 42.6 Å². The fraction of sp³-hybridized carbons (Fsp3) is 0.308. The quantitative estimate of drug-likeness (QED) is 0.289. The number of aromatic nitrogens is 4. The average Bonchev–Trinajstić information content (AvgIpc) is 3.33. The Labute approximate surface area is 215 Å². The SMILES string of the molecule is CCOC(=O)Cc1ccc(N2CCN(c3ncc(-c4nc5nc(C(F)(F)F)ccc5[nH]4)cc3F)CC2)cc1. The minimum absolute atomic E-state index is 0.107. The maximum atomic E-state index is 15.1. The van der Waals surface area contributed by atoms with E-state index in [9.17, 15) is 18.0 Å². The molecule has 0 bridgehead atoms. The molecule has 198 valence electrons. The highest BCUT2D eigenvalue weighted by Gasteiger charge is 2.33. The first-order valence-corrected chi connectivity index (χ1v) is 12.1. The second kappa shape index (κ2) is 10.3. The predicted molar refractivity (Wildman–Crippen MR) is 133 cm³/mol. The number of aromatic amines is 1.